The van der Waals surface area contributed by atoms with Crippen LogP contribution in [0.15, 0.2) is 28.8 Å². The van der Waals surface area contributed by atoms with Gasteiger partial charge in [-0.2, -0.15) is 4.98 Å². The van der Waals surface area contributed by atoms with Gasteiger partial charge in [0, 0.05) is 12.5 Å². The fourth-order valence-electron chi connectivity index (χ4n) is 2.41. The Bertz CT molecular complexity index is 701. The van der Waals surface area contributed by atoms with Crippen molar-refractivity contribution in [2.24, 2.45) is 0 Å². The number of morpholine rings is 1. The molecule has 1 aromatic heterocycles. The maximum absolute atomic E-state index is 13.8. The summed E-state index contributed by atoms with van der Waals surface area (Å²) in [5.41, 5.74) is 0.0594. The molecule has 23 heavy (non-hydrogen) atoms. The monoisotopic (exact) mass is 319 g/mol. The molecule has 0 bridgehead atoms. The van der Waals surface area contributed by atoms with E-state index in [1.807, 2.05) is 13.8 Å². The first-order valence-corrected chi connectivity index (χ1v) is 7.55. The van der Waals surface area contributed by atoms with Gasteiger partial charge in [0.1, 0.15) is 11.9 Å². The number of ether oxygens (including phenoxy) is 1. The highest BCUT2D eigenvalue weighted by Crippen LogP contribution is 2.23. The van der Waals surface area contributed by atoms with E-state index in [1.54, 1.807) is 17.0 Å². The van der Waals surface area contributed by atoms with Crippen molar-refractivity contribution in [3.05, 3.63) is 47.4 Å². The van der Waals surface area contributed by atoms with Crippen molar-refractivity contribution in [2.75, 3.05) is 19.7 Å². The molecule has 1 atom stereocenters. The minimum Gasteiger partial charge on any atom is -0.366 e. The summed E-state index contributed by atoms with van der Waals surface area (Å²) in [4.78, 5) is 18.3. The lowest BCUT2D eigenvalue weighted by molar-refractivity contribution is -0.0277. The highest BCUT2D eigenvalue weighted by atomic mass is 19.1. The van der Waals surface area contributed by atoms with E-state index in [4.69, 9.17) is 9.26 Å². The van der Waals surface area contributed by atoms with Crippen molar-refractivity contribution < 1.29 is 18.4 Å². The van der Waals surface area contributed by atoms with E-state index in [0.717, 1.165) is 0 Å². The zero-order valence-corrected chi connectivity index (χ0v) is 13.0. The number of carbonyl (C=O) groups is 1. The number of hydrogen-bond acceptors (Lipinski definition) is 5. The van der Waals surface area contributed by atoms with E-state index >= 15 is 0 Å². The summed E-state index contributed by atoms with van der Waals surface area (Å²) in [5, 5.41) is 3.92. The molecule has 0 radical (unpaired) electrons. The minimum absolute atomic E-state index is 0.0594. The second-order valence-electron chi connectivity index (χ2n) is 5.74. The molecule has 122 valence electrons. The Hall–Kier alpha value is -2.28. The average Bonchev–Trinajstić information content (AvgIpc) is 3.05. The van der Waals surface area contributed by atoms with Crippen molar-refractivity contribution >= 4 is 5.91 Å². The SMILES string of the molecule is CC(C)c1nc(C2CN(C(=O)c3ccccc3F)CCO2)no1. The molecule has 0 N–H and O–H groups in total. The molecule has 3 rings (SSSR count). The van der Waals surface area contributed by atoms with Crippen LogP contribution in [0.3, 0.4) is 0 Å². The lowest BCUT2D eigenvalue weighted by Crippen LogP contribution is -2.42. The standard InChI is InChI=1S/C16H18FN3O3/c1-10(2)15-18-14(19-23-15)13-9-20(7-8-22-13)16(21)11-5-3-4-6-12(11)17/h3-6,10,13H,7-9H2,1-2H3. The third-order valence-corrected chi connectivity index (χ3v) is 3.70. The Kier molecular flexibility index (Phi) is 4.38. The van der Waals surface area contributed by atoms with Crippen LogP contribution in [-0.2, 0) is 4.74 Å². The normalized spacial score (nSPS) is 18.4. The van der Waals surface area contributed by atoms with Crippen LogP contribution in [0.2, 0.25) is 0 Å². The molecule has 0 saturated carbocycles. The van der Waals surface area contributed by atoms with Gasteiger partial charge in [-0.05, 0) is 12.1 Å². The number of aromatic nitrogens is 2. The Labute approximate surface area is 133 Å². The summed E-state index contributed by atoms with van der Waals surface area (Å²) < 4.78 is 24.6. The molecule has 2 aromatic rings. The van der Waals surface area contributed by atoms with Crippen LogP contribution < -0.4 is 0 Å². The fraction of sp³-hybridized carbons (Fsp3) is 0.438. The van der Waals surface area contributed by atoms with Crippen molar-refractivity contribution in [3.8, 4) is 0 Å². The predicted octanol–water partition coefficient (Wildman–Crippen LogP) is 2.55. The molecule has 0 aliphatic carbocycles. The van der Waals surface area contributed by atoms with Crippen molar-refractivity contribution in [1.29, 1.82) is 0 Å². The summed E-state index contributed by atoms with van der Waals surface area (Å²) in [6.45, 7) is 4.92. The number of halogens is 1. The second-order valence-corrected chi connectivity index (χ2v) is 5.74. The highest BCUT2D eigenvalue weighted by molar-refractivity contribution is 5.94. The van der Waals surface area contributed by atoms with Gasteiger partial charge < -0.3 is 14.2 Å². The maximum atomic E-state index is 13.8. The molecule has 1 aromatic carbocycles. The van der Waals surface area contributed by atoms with Gasteiger partial charge in [-0.1, -0.05) is 31.1 Å². The van der Waals surface area contributed by atoms with Gasteiger partial charge in [0.05, 0.1) is 18.7 Å². The molecule has 1 saturated heterocycles. The molecule has 1 amide bonds. The quantitative estimate of drug-likeness (QED) is 0.869. The van der Waals surface area contributed by atoms with E-state index in [0.29, 0.717) is 24.9 Å². The molecular formula is C16H18FN3O3. The van der Waals surface area contributed by atoms with E-state index in [1.165, 1.54) is 12.1 Å². The number of hydrogen-bond donors (Lipinski definition) is 0. The predicted molar refractivity (Wildman–Crippen MR) is 79.4 cm³/mol. The Balaban J connectivity index is 1.75. The van der Waals surface area contributed by atoms with Crippen molar-refractivity contribution in [3.63, 3.8) is 0 Å². The third kappa shape index (κ3) is 3.24. The molecule has 0 spiro atoms. The van der Waals surface area contributed by atoms with Gasteiger partial charge in [0.25, 0.3) is 5.91 Å². The van der Waals surface area contributed by atoms with E-state index < -0.39 is 11.9 Å². The zero-order valence-electron chi connectivity index (χ0n) is 13.0. The lowest BCUT2D eigenvalue weighted by Gasteiger charge is -2.31. The molecule has 2 heterocycles. The first-order valence-electron chi connectivity index (χ1n) is 7.55. The Morgan fingerprint density at radius 1 is 1.39 bits per heavy atom. The molecule has 1 aliphatic heterocycles. The topological polar surface area (TPSA) is 68.5 Å². The van der Waals surface area contributed by atoms with Crippen molar-refractivity contribution in [1.82, 2.24) is 15.0 Å². The van der Waals surface area contributed by atoms with E-state index in [2.05, 4.69) is 10.1 Å². The number of nitrogens with zero attached hydrogens (tertiary/aromatic N) is 3. The largest absolute Gasteiger partial charge is 0.366 e. The fourth-order valence-corrected chi connectivity index (χ4v) is 2.41. The smallest absolute Gasteiger partial charge is 0.257 e. The van der Waals surface area contributed by atoms with Gasteiger partial charge in [-0.25, -0.2) is 4.39 Å². The first kappa shape index (κ1) is 15.6. The summed E-state index contributed by atoms with van der Waals surface area (Å²) in [7, 11) is 0. The zero-order chi connectivity index (χ0) is 16.4. The number of amides is 1. The number of carbonyl (C=O) groups excluding carboxylic acids is 1. The maximum Gasteiger partial charge on any atom is 0.257 e. The molecule has 1 unspecified atom stereocenters. The average molecular weight is 319 g/mol. The number of benzene rings is 1. The first-order chi connectivity index (χ1) is 11.1. The van der Waals surface area contributed by atoms with Crippen LogP contribution in [0.25, 0.3) is 0 Å². The van der Waals surface area contributed by atoms with Crippen molar-refractivity contribution in [2.45, 2.75) is 25.9 Å². The summed E-state index contributed by atoms with van der Waals surface area (Å²) in [6.07, 6.45) is -0.462. The van der Waals surface area contributed by atoms with Crippen LogP contribution in [0.5, 0.6) is 0 Å². The van der Waals surface area contributed by atoms with Crippen LogP contribution >= 0.6 is 0 Å². The van der Waals surface area contributed by atoms with Gasteiger partial charge in [0.2, 0.25) is 11.7 Å². The summed E-state index contributed by atoms with van der Waals surface area (Å²) in [6, 6.07) is 5.95. The van der Waals surface area contributed by atoms with Gasteiger partial charge in [0.15, 0.2) is 0 Å². The van der Waals surface area contributed by atoms with Crippen LogP contribution in [0.4, 0.5) is 4.39 Å². The molecular weight excluding hydrogens is 301 g/mol. The minimum atomic E-state index is -0.526. The summed E-state index contributed by atoms with van der Waals surface area (Å²) in [5.74, 6) is 0.183. The molecule has 7 heteroatoms. The van der Waals surface area contributed by atoms with Gasteiger partial charge in [-0.15, -0.1) is 0 Å². The molecule has 1 fully saturated rings. The molecule has 1 aliphatic rings. The Morgan fingerprint density at radius 3 is 2.87 bits per heavy atom. The van der Waals surface area contributed by atoms with E-state index in [-0.39, 0.29) is 23.9 Å². The second kappa shape index (κ2) is 6.45. The van der Waals surface area contributed by atoms with Crippen LogP contribution in [0.1, 0.15) is 47.9 Å². The van der Waals surface area contributed by atoms with Gasteiger partial charge >= 0.3 is 0 Å². The van der Waals surface area contributed by atoms with Crippen LogP contribution in [0, 0.1) is 5.82 Å². The van der Waals surface area contributed by atoms with Crippen LogP contribution in [-0.4, -0.2) is 40.6 Å². The third-order valence-electron chi connectivity index (χ3n) is 3.70. The Morgan fingerprint density at radius 2 is 2.17 bits per heavy atom. The van der Waals surface area contributed by atoms with Gasteiger partial charge in [-0.3, -0.25) is 4.79 Å². The molecule has 6 nitrogen and oxygen atoms in total. The lowest BCUT2D eigenvalue weighted by atomic mass is 10.1. The van der Waals surface area contributed by atoms with E-state index in [9.17, 15) is 9.18 Å². The highest BCUT2D eigenvalue weighted by Gasteiger charge is 2.30. The summed E-state index contributed by atoms with van der Waals surface area (Å²) >= 11 is 0. The number of rotatable bonds is 3.